The molecule has 2 N–H and O–H groups in total. The Morgan fingerprint density at radius 2 is 1.88 bits per heavy atom. The lowest BCUT2D eigenvalue weighted by atomic mass is 10.0. The normalized spacial score (nSPS) is 10.9. The average molecular weight is 399 g/mol. The molecule has 0 aliphatic carbocycles. The molecule has 0 aromatic heterocycles. The van der Waals surface area contributed by atoms with Crippen LogP contribution in [0.4, 0.5) is 0 Å². The van der Waals surface area contributed by atoms with E-state index in [1.165, 1.54) is 6.21 Å². The van der Waals surface area contributed by atoms with Crippen LogP contribution in [0.3, 0.4) is 0 Å². The van der Waals surface area contributed by atoms with Crippen molar-refractivity contribution in [2.75, 3.05) is 6.61 Å². The summed E-state index contributed by atoms with van der Waals surface area (Å²) in [4.78, 5) is 11.8. The van der Waals surface area contributed by atoms with Gasteiger partial charge < -0.3 is 9.84 Å². The van der Waals surface area contributed by atoms with E-state index in [2.05, 4.69) is 26.5 Å². The number of hydrazone groups is 1. The number of carbonyl (C=O) groups is 1. The van der Waals surface area contributed by atoms with Gasteiger partial charge in [0.1, 0.15) is 11.5 Å². The summed E-state index contributed by atoms with van der Waals surface area (Å²) in [7, 11) is 0. The highest BCUT2D eigenvalue weighted by Crippen LogP contribution is 2.25. The lowest BCUT2D eigenvalue weighted by Gasteiger charge is -2.07. The van der Waals surface area contributed by atoms with E-state index in [9.17, 15) is 9.90 Å². The van der Waals surface area contributed by atoms with E-state index in [4.69, 9.17) is 4.74 Å². The van der Waals surface area contributed by atoms with Crippen LogP contribution in [0, 0.1) is 0 Å². The second kappa shape index (κ2) is 7.81. The first-order chi connectivity index (χ1) is 12.1. The summed E-state index contributed by atoms with van der Waals surface area (Å²) in [5.74, 6) is 0.279. The van der Waals surface area contributed by atoms with Crippen LogP contribution in [-0.2, 0) is 4.79 Å². The number of aromatic hydroxyl groups is 1. The molecular weight excluding hydrogens is 384 g/mol. The predicted octanol–water partition coefficient (Wildman–Crippen LogP) is 3.84. The van der Waals surface area contributed by atoms with Crippen LogP contribution in [-0.4, -0.2) is 23.8 Å². The van der Waals surface area contributed by atoms with Gasteiger partial charge in [-0.05, 0) is 44.9 Å². The van der Waals surface area contributed by atoms with Crippen LogP contribution >= 0.6 is 15.9 Å². The molecule has 25 heavy (non-hydrogen) atoms. The maximum Gasteiger partial charge on any atom is 0.277 e. The van der Waals surface area contributed by atoms with Crippen LogP contribution in [0.25, 0.3) is 10.8 Å². The Hall–Kier alpha value is -2.86. The van der Waals surface area contributed by atoms with Crippen molar-refractivity contribution < 1.29 is 14.6 Å². The van der Waals surface area contributed by atoms with Crippen molar-refractivity contribution in [3.8, 4) is 11.5 Å². The Bertz CT molecular complexity index is 941. The number of nitrogens with zero attached hydrogens (tertiary/aromatic N) is 1. The molecule has 0 radical (unpaired) electrons. The molecule has 126 valence electrons. The number of phenols is 1. The smallest absolute Gasteiger partial charge is 0.277 e. The Balaban J connectivity index is 1.64. The zero-order chi connectivity index (χ0) is 17.6. The van der Waals surface area contributed by atoms with Crippen LogP contribution < -0.4 is 10.2 Å². The van der Waals surface area contributed by atoms with Gasteiger partial charge in [0, 0.05) is 5.56 Å². The highest BCUT2D eigenvalue weighted by Gasteiger charge is 2.06. The SMILES string of the molecule is O=C(COc1ccccc1Br)N/N=C/c1c(O)ccc2ccccc12. The number of phenolic OH excluding ortho intramolecular Hbond substituents is 1. The van der Waals surface area contributed by atoms with Crippen molar-refractivity contribution in [1.29, 1.82) is 0 Å². The number of halogens is 1. The first kappa shape index (κ1) is 17.0. The van der Waals surface area contributed by atoms with E-state index in [1.54, 1.807) is 12.1 Å². The van der Waals surface area contributed by atoms with E-state index < -0.39 is 5.91 Å². The average Bonchev–Trinajstić information content (AvgIpc) is 2.63. The molecule has 0 atom stereocenters. The fraction of sp³-hybridized carbons (Fsp3) is 0.0526. The van der Waals surface area contributed by atoms with Gasteiger partial charge in [0.2, 0.25) is 0 Å². The number of nitrogens with one attached hydrogen (secondary N) is 1. The topological polar surface area (TPSA) is 70.9 Å². The van der Waals surface area contributed by atoms with E-state index in [-0.39, 0.29) is 12.4 Å². The summed E-state index contributed by atoms with van der Waals surface area (Å²) < 4.78 is 6.18. The van der Waals surface area contributed by atoms with Crippen molar-refractivity contribution in [3.63, 3.8) is 0 Å². The number of hydrogen-bond acceptors (Lipinski definition) is 4. The molecule has 6 heteroatoms. The quantitative estimate of drug-likeness (QED) is 0.506. The van der Waals surface area contributed by atoms with Crippen LogP contribution in [0.15, 0.2) is 70.2 Å². The molecule has 0 heterocycles. The third-order valence-corrected chi connectivity index (χ3v) is 4.18. The molecule has 0 saturated carbocycles. The minimum Gasteiger partial charge on any atom is -0.507 e. The zero-order valence-corrected chi connectivity index (χ0v) is 14.7. The summed E-state index contributed by atoms with van der Waals surface area (Å²) in [6.07, 6.45) is 1.42. The number of amides is 1. The molecule has 3 aromatic rings. The summed E-state index contributed by atoms with van der Waals surface area (Å²) in [5, 5.41) is 15.8. The Labute approximate surface area is 153 Å². The molecule has 0 bridgehead atoms. The van der Waals surface area contributed by atoms with Crippen molar-refractivity contribution in [3.05, 3.63) is 70.7 Å². The summed E-state index contributed by atoms with van der Waals surface area (Å²) >= 11 is 3.35. The molecule has 5 nitrogen and oxygen atoms in total. The van der Waals surface area contributed by atoms with Gasteiger partial charge in [0.15, 0.2) is 6.61 Å². The molecule has 0 fully saturated rings. The molecule has 1 amide bonds. The minimum absolute atomic E-state index is 0.0983. The van der Waals surface area contributed by atoms with E-state index >= 15 is 0 Å². The van der Waals surface area contributed by atoms with Gasteiger partial charge in [-0.15, -0.1) is 0 Å². The number of rotatable bonds is 5. The third kappa shape index (κ3) is 4.16. The molecular formula is C19H15BrN2O3. The molecule has 0 aliphatic heterocycles. The fourth-order valence-electron chi connectivity index (χ4n) is 2.33. The molecule has 0 unspecified atom stereocenters. The maximum atomic E-state index is 11.8. The van der Waals surface area contributed by atoms with Gasteiger partial charge in [-0.2, -0.15) is 5.10 Å². The van der Waals surface area contributed by atoms with Gasteiger partial charge in [0.05, 0.1) is 10.7 Å². The standard InChI is InChI=1S/C19H15BrN2O3/c20-16-7-3-4-8-18(16)25-12-19(24)22-21-11-15-14-6-2-1-5-13(14)9-10-17(15)23/h1-11,23H,12H2,(H,22,24)/b21-11+. The van der Waals surface area contributed by atoms with Gasteiger partial charge in [-0.1, -0.05) is 42.5 Å². The first-order valence-electron chi connectivity index (χ1n) is 7.55. The minimum atomic E-state index is -0.397. The monoisotopic (exact) mass is 398 g/mol. The molecule has 0 aliphatic rings. The lowest BCUT2D eigenvalue weighted by molar-refractivity contribution is -0.123. The van der Waals surface area contributed by atoms with Crippen LogP contribution in [0.1, 0.15) is 5.56 Å². The van der Waals surface area contributed by atoms with Gasteiger partial charge in [0.25, 0.3) is 5.91 Å². The van der Waals surface area contributed by atoms with E-state index in [1.807, 2.05) is 48.5 Å². The number of para-hydroxylation sites is 1. The number of fused-ring (bicyclic) bond motifs is 1. The second-order valence-corrected chi connectivity index (χ2v) is 6.09. The predicted molar refractivity (Wildman–Crippen MR) is 101 cm³/mol. The van der Waals surface area contributed by atoms with Gasteiger partial charge >= 0.3 is 0 Å². The summed E-state index contributed by atoms with van der Waals surface area (Å²) in [5.41, 5.74) is 2.94. The van der Waals surface area contributed by atoms with Crippen LogP contribution in [0.2, 0.25) is 0 Å². The molecule has 3 rings (SSSR count). The number of ether oxygens (including phenoxy) is 1. The lowest BCUT2D eigenvalue weighted by Crippen LogP contribution is -2.24. The fourth-order valence-corrected chi connectivity index (χ4v) is 2.73. The van der Waals surface area contributed by atoms with Gasteiger partial charge in [-0.25, -0.2) is 5.43 Å². The Kier molecular flexibility index (Phi) is 5.30. The number of carbonyl (C=O) groups excluding carboxylic acids is 1. The van der Waals surface area contributed by atoms with Crippen molar-refractivity contribution in [2.24, 2.45) is 5.10 Å². The number of benzene rings is 3. The molecule has 0 saturated heterocycles. The summed E-state index contributed by atoms with van der Waals surface area (Å²) in [6, 6.07) is 18.3. The van der Waals surface area contributed by atoms with Crippen molar-refractivity contribution in [2.45, 2.75) is 0 Å². The molecule has 3 aromatic carbocycles. The zero-order valence-electron chi connectivity index (χ0n) is 13.1. The second-order valence-electron chi connectivity index (χ2n) is 5.23. The Morgan fingerprint density at radius 1 is 1.12 bits per heavy atom. The molecule has 0 spiro atoms. The van der Waals surface area contributed by atoms with E-state index in [0.29, 0.717) is 11.3 Å². The van der Waals surface area contributed by atoms with Crippen LogP contribution in [0.5, 0.6) is 11.5 Å². The van der Waals surface area contributed by atoms with Crippen molar-refractivity contribution >= 4 is 38.8 Å². The highest BCUT2D eigenvalue weighted by atomic mass is 79.9. The first-order valence-corrected chi connectivity index (χ1v) is 8.34. The van der Waals surface area contributed by atoms with Crippen molar-refractivity contribution in [1.82, 2.24) is 5.43 Å². The number of hydrogen-bond donors (Lipinski definition) is 2. The summed E-state index contributed by atoms with van der Waals surface area (Å²) in [6.45, 7) is -0.165. The van der Waals surface area contributed by atoms with E-state index in [0.717, 1.165) is 15.2 Å². The third-order valence-electron chi connectivity index (χ3n) is 3.53. The Morgan fingerprint density at radius 3 is 2.72 bits per heavy atom. The largest absolute Gasteiger partial charge is 0.507 e. The maximum absolute atomic E-state index is 11.8. The highest BCUT2D eigenvalue weighted by molar-refractivity contribution is 9.10. The van der Waals surface area contributed by atoms with Gasteiger partial charge in [-0.3, -0.25) is 4.79 Å².